The van der Waals surface area contributed by atoms with E-state index in [1.807, 2.05) is 20.8 Å². The molecule has 8 heteroatoms. The molecule has 0 N–H and O–H groups in total. The molecule has 0 fully saturated rings. The Morgan fingerprint density at radius 3 is 2.38 bits per heavy atom. The summed E-state index contributed by atoms with van der Waals surface area (Å²) in [4.78, 5) is 35.4. The van der Waals surface area contributed by atoms with Crippen LogP contribution in [0, 0.1) is 5.95 Å². The summed E-state index contributed by atoms with van der Waals surface area (Å²) in [7, 11) is 3.26. The van der Waals surface area contributed by atoms with Crippen LogP contribution in [0.25, 0.3) is 0 Å². The Labute approximate surface area is 143 Å². The lowest BCUT2D eigenvalue weighted by Crippen LogP contribution is -2.42. The summed E-state index contributed by atoms with van der Waals surface area (Å²) in [6.45, 7) is 5.78. The first-order valence-electron chi connectivity index (χ1n) is 7.24. The average molecular weight is 350 g/mol. The number of halogens is 1. The number of rotatable bonds is 3. The van der Waals surface area contributed by atoms with E-state index in [9.17, 15) is 14.0 Å². The van der Waals surface area contributed by atoms with E-state index in [-0.39, 0.29) is 28.6 Å². The lowest BCUT2D eigenvalue weighted by molar-refractivity contribution is 0.0650. The highest BCUT2D eigenvalue weighted by Gasteiger charge is 2.26. The van der Waals surface area contributed by atoms with Gasteiger partial charge in [-0.1, -0.05) is 0 Å². The van der Waals surface area contributed by atoms with E-state index in [2.05, 4.69) is 9.97 Å². The molecule has 128 valence electrons. The largest absolute Gasteiger partial charge is 0.336 e. The molecule has 24 heavy (non-hydrogen) atoms. The second-order valence-corrected chi connectivity index (χ2v) is 7.12. The Hall–Kier alpha value is -2.35. The van der Waals surface area contributed by atoms with Gasteiger partial charge in [-0.3, -0.25) is 14.5 Å². The number of hydrogen-bond acceptors (Lipinski definition) is 5. The van der Waals surface area contributed by atoms with Crippen LogP contribution in [0.5, 0.6) is 0 Å². The zero-order chi connectivity index (χ0) is 18.1. The minimum absolute atomic E-state index is 0.214. The molecule has 0 aliphatic carbocycles. The number of pyridine rings is 1. The topological polar surface area (TPSA) is 66.4 Å². The molecule has 0 atom stereocenters. The van der Waals surface area contributed by atoms with Gasteiger partial charge in [0, 0.05) is 31.2 Å². The molecule has 2 aromatic rings. The van der Waals surface area contributed by atoms with Gasteiger partial charge >= 0.3 is 0 Å². The fourth-order valence-electron chi connectivity index (χ4n) is 1.78. The normalized spacial score (nSPS) is 11.2. The van der Waals surface area contributed by atoms with Crippen molar-refractivity contribution in [2.75, 3.05) is 19.0 Å². The van der Waals surface area contributed by atoms with Gasteiger partial charge in [-0.05, 0) is 32.9 Å². The summed E-state index contributed by atoms with van der Waals surface area (Å²) >= 11 is 1.19. The summed E-state index contributed by atoms with van der Waals surface area (Å²) < 4.78 is 12.8. The van der Waals surface area contributed by atoms with Crippen molar-refractivity contribution in [2.24, 2.45) is 0 Å². The number of thiazole rings is 1. The van der Waals surface area contributed by atoms with Crippen molar-refractivity contribution in [3.05, 3.63) is 40.9 Å². The maximum Gasteiger partial charge on any atom is 0.273 e. The van der Waals surface area contributed by atoms with Crippen molar-refractivity contribution in [2.45, 2.75) is 26.3 Å². The molecule has 0 saturated carbocycles. The van der Waals surface area contributed by atoms with Crippen LogP contribution in [0.2, 0.25) is 0 Å². The molecule has 2 amide bonds. The molecule has 6 nitrogen and oxygen atoms in total. The van der Waals surface area contributed by atoms with Gasteiger partial charge in [0.2, 0.25) is 5.95 Å². The maximum atomic E-state index is 12.8. The van der Waals surface area contributed by atoms with Gasteiger partial charge in [-0.25, -0.2) is 9.97 Å². The summed E-state index contributed by atoms with van der Waals surface area (Å²) in [6.07, 6.45) is 1.17. The zero-order valence-electron chi connectivity index (χ0n) is 14.2. The van der Waals surface area contributed by atoms with Gasteiger partial charge in [0.05, 0.1) is 5.56 Å². The monoisotopic (exact) mass is 350 g/mol. The molecule has 0 radical (unpaired) electrons. The van der Waals surface area contributed by atoms with Crippen molar-refractivity contribution < 1.29 is 14.0 Å². The van der Waals surface area contributed by atoms with E-state index in [0.29, 0.717) is 5.13 Å². The van der Waals surface area contributed by atoms with Crippen LogP contribution in [0.3, 0.4) is 0 Å². The van der Waals surface area contributed by atoms with Crippen molar-refractivity contribution in [3.63, 3.8) is 0 Å². The van der Waals surface area contributed by atoms with E-state index in [4.69, 9.17) is 0 Å². The third kappa shape index (κ3) is 3.76. The highest BCUT2D eigenvalue weighted by molar-refractivity contribution is 7.14. The van der Waals surface area contributed by atoms with E-state index in [1.54, 1.807) is 24.4 Å². The minimum atomic E-state index is -0.651. The minimum Gasteiger partial charge on any atom is -0.336 e. The van der Waals surface area contributed by atoms with Crippen LogP contribution < -0.4 is 4.90 Å². The summed E-state index contributed by atoms with van der Waals surface area (Å²) in [5.41, 5.74) is 0.195. The number of hydrogen-bond donors (Lipinski definition) is 0. The van der Waals surface area contributed by atoms with Crippen LogP contribution in [0.15, 0.2) is 23.7 Å². The number of carbonyl (C=O) groups is 2. The van der Waals surface area contributed by atoms with E-state index >= 15 is 0 Å². The number of anilines is 1. The molecule has 0 bridgehead atoms. The lowest BCUT2D eigenvalue weighted by Gasteiger charge is -2.31. The second kappa shape index (κ2) is 6.64. The molecular formula is C16H19FN4O2S. The predicted molar refractivity (Wildman–Crippen MR) is 90.9 cm³/mol. The Morgan fingerprint density at radius 1 is 1.17 bits per heavy atom. The molecule has 0 aromatic carbocycles. The van der Waals surface area contributed by atoms with Gasteiger partial charge in [-0.2, -0.15) is 4.39 Å². The first-order chi connectivity index (χ1) is 11.1. The number of amides is 2. The highest BCUT2D eigenvalue weighted by Crippen LogP contribution is 2.23. The van der Waals surface area contributed by atoms with Gasteiger partial charge in [0.15, 0.2) is 5.13 Å². The molecule has 2 rings (SSSR count). The second-order valence-electron chi connectivity index (χ2n) is 6.28. The van der Waals surface area contributed by atoms with Crippen LogP contribution in [0.1, 0.15) is 41.6 Å². The number of aromatic nitrogens is 2. The molecule has 0 unspecified atom stereocenters. The SMILES string of the molecule is CN(C(=O)c1ccc(F)nc1)c1nc(C(=O)N(C)C(C)(C)C)cs1. The lowest BCUT2D eigenvalue weighted by atomic mass is 10.1. The Bertz CT molecular complexity index is 752. The van der Waals surface area contributed by atoms with Gasteiger partial charge in [0.1, 0.15) is 5.69 Å². The fourth-order valence-corrected chi connectivity index (χ4v) is 2.54. The Morgan fingerprint density at radius 2 is 1.83 bits per heavy atom. The first-order valence-corrected chi connectivity index (χ1v) is 8.12. The standard InChI is InChI=1S/C16H19FN4O2S/c1-16(2,3)21(5)14(23)11-9-24-15(19-11)20(4)13(22)10-6-7-12(17)18-8-10/h6-9H,1-5H3. The van der Waals surface area contributed by atoms with Crippen molar-refractivity contribution in [1.82, 2.24) is 14.9 Å². The maximum absolute atomic E-state index is 12.8. The van der Waals surface area contributed by atoms with E-state index < -0.39 is 5.95 Å². The molecule has 0 saturated heterocycles. The number of carbonyl (C=O) groups excluding carboxylic acids is 2. The quantitative estimate of drug-likeness (QED) is 0.799. The van der Waals surface area contributed by atoms with Crippen LogP contribution >= 0.6 is 11.3 Å². The van der Waals surface area contributed by atoms with Gasteiger partial charge in [0.25, 0.3) is 11.8 Å². The molecular weight excluding hydrogens is 331 g/mol. The Balaban J connectivity index is 2.19. The third-order valence-electron chi connectivity index (χ3n) is 3.59. The molecule has 2 heterocycles. The smallest absolute Gasteiger partial charge is 0.273 e. The highest BCUT2D eigenvalue weighted by atomic mass is 32.1. The van der Waals surface area contributed by atoms with Crippen LogP contribution in [-0.4, -0.2) is 46.3 Å². The van der Waals surface area contributed by atoms with Crippen molar-refractivity contribution >= 4 is 28.3 Å². The van der Waals surface area contributed by atoms with Gasteiger partial charge in [-0.15, -0.1) is 11.3 Å². The van der Waals surface area contributed by atoms with Crippen molar-refractivity contribution in [1.29, 1.82) is 0 Å². The Kier molecular flexibility index (Phi) is 4.98. The van der Waals surface area contributed by atoms with E-state index in [0.717, 1.165) is 6.07 Å². The zero-order valence-corrected chi connectivity index (χ0v) is 15.0. The molecule has 2 aromatic heterocycles. The van der Waals surface area contributed by atoms with Crippen LogP contribution in [-0.2, 0) is 0 Å². The summed E-state index contributed by atoms with van der Waals surface area (Å²) in [6, 6.07) is 2.48. The molecule has 0 aliphatic heterocycles. The average Bonchev–Trinajstić information content (AvgIpc) is 3.01. The summed E-state index contributed by atoms with van der Waals surface area (Å²) in [5.74, 6) is -1.24. The van der Waals surface area contributed by atoms with Gasteiger partial charge < -0.3 is 4.90 Å². The fraction of sp³-hybridized carbons (Fsp3) is 0.375. The van der Waals surface area contributed by atoms with Crippen molar-refractivity contribution in [3.8, 4) is 0 Å². The summed E-state index contributed by atoms with van der Waals surface area (Å²) in [5, 5.41) is 2.00. The molecule has 0 spiro atoms. The predicted octanol–water partition coefficient (Wildman–Crippen LogP) is 2.82. The first kappa shape index (κ1) is 18.0. The third-order valence-corrected chi connectivity index (χ3v) is 4.51. The molecule has 0 aliphatic rings. The van der Waals surface area contributed by atoms with Crippen LogP contribution in [0.4, 0.5) is 9.52 Å². The van der Waals surface area contributed by atoms with E-state index in [1.165, 1.54) is 28.5 Å². The number of nitrogens with zero attached hydrogens (tertiary/aromatic N) is 4.